The topological polar surface area (TPSA) is 59.0 Å². The largest absolute Gasteiger partial charge is 0.356 e. The van der Waals surface area contributed by atoms with Crippen LogP contribution >= 0.6 is 0 Å². The lowest BCUT2D eigenvalue weighted by atomic mass is 10.4. The maximum absolute atomic E-state index is 11.4. The van der Waals surface area contributed by atoms with E-state index in [9.17, 15) is 4.79 Å². The van der Waals surface area contributed by atoms with Crippen LogP contribution in [0.4, 0.5) is 0 Å². The number of rotatable bonds is 7. The van der Waals surface area contributed by atoms with Gasteiger partial charge in [-0.1, -0.05) is 0 Å². The first-order valence-electron chi connectivity index (χ1n) is 6.29. The minimum Gasteiger partial charge on any atom is -0.356 e. The zero-order valence-electron chi connectivity index (χ0n) is 10.3. The minimum atomic E-state index is 0.0994. The van der Waals surface area contributed by atoms with Crippen LogP contribution in [0.25, 0.3) is 0 Å². The smallest absolute Gasteiger partial charge is 0.221 e. The van der Waals surface area contributed by atoms with Crippen molar-refractivity contribution in [2.24, 2.45) is 0 Å². The van der Waals surface area contributed by atoms with E-state index in [1.54, 1.807) is 6.20 Å². The van der Waals surface area contributed by atoms with Gasteiger partial charge in [-0.25, -0.2) is 4.98 Å². The van der Waals surface area contributed by atoms with E-state index in [0.717, 1.165) is 12.4 Å². The Bertz CT molecular complexity index is 370. The van der Waals surface area contributed by atoms with Gasteiger partial charge in [0.25, 0.3) is 0 Å². The third-order valence-corrected chi connectivity index (χ3v) is 2.88. The molecule has 1 amide bonds. The summed E-state index contributed by atoms with van der Waals surface area (Å²) in [4.78, 5) is 15.7. The van der Waals surface area contributed by atoms with Crippen molar-refractivity contribution in [3.8, 4) is 0 Å². The third-order valence-electron chi connectivity index (χ3n) is 2.88. The first-order chi connectivity index (χ1) is 8.29. The maximum atomic E-state index is 11.4. The van der Waals surface area contributed by atoms with Crippen LogP contribution in [0.15, 0.2) is 12.4 Å². The van der Waals surface area contributed by atoms with E-state index >= 15 is 0 Å². The van der Waals surface area contributed by atoms with Crippen molar-refractivity contribution >= 4 is 5.91 Å². The highest BCUT2D eigenvalue weighted by Crippen LogP contribution is 2.19. The molecule has 0 aromatic carbocycles. The Morgan fingerprint density at radius 1 is 1.59 bits per heavy atom. The average molecular weight is 236 g/mol. The van der Waals surface area contributed by atoms with Gasteiger partial charge < -0.3 is 15.2 Å². The maximum Gasteiger partial charge on any atom is 0.221 e. The molecule has 1 aliphatic rings. The zero-order valence-corrected chi connectivity index (χ0v) is 10.3. The molecule has 2 rings (SSSR count). The fourth-order valence-corrected chi connectivity index (χ4v) is 1.74. The van der Waals surface area contributed by atoms with Crippen LogP contribution in [0.1, 0.15) is 32.0 Å². The molecule has 94 valence electrons. The van der Waals surface area contributed by atoms with Crippen molar-refractivity contribution in [1.82, 2.24) is 20.2 Å². The lowest BCUT2D eigenvalue weighted by Crippen LogP contribution is -2.24. The van der Waals surface area contributed by atoms with Crippen molar-refractivity contribution in [3.63, 3.8) is 0 Å². The molecule has 1 aromatic heterocycles. The molecular formula is C12H20N4O. The van der Waals surface area contributed by atoms with Crippen molar-refractivity contribution < 1.29 is 4.79 Å². The van der Waals surface area contributed by atoms with Crippen molar-refractivity contribution in [3.05, 3.63) is 18.2 Å². The van der Waals surface area contributed by atoms with Gasteiger partial charge in [0.2, 0.25) is 5.91 Å². The lowest BCUT2D eigenvalue weighted by Gasteiger charge is -2.08. The highest BCUT2D eigenvalue weighted by molar-refractivity contribution is 5.75. The molecular weight excluding hydrogens is 216 g/mol. The Balaban J connectivity index is 1.78. The van der Waals surface area contributed by atoms with Crippen LogP contribution in [0.5, 0.6) is 0 Å². The van der Waals surface area contributed by atoms with Crippen LogP contribution in [-0.2, 0) is 17.9 Å². The van der Waals surface area contributed by atoms with Gasteiger partial charge in [-0.3, -0.25) is 4.79 Å². The quantitative estimate of drug-likeness (QED) is 0.731. The van der Waals surface area contributed by atoms with E-state index in [2.05, 4.69) is 15.6 Å². The van der Waals surface area contributed by atoms with Gasteiger partial charge in [0.1, 0.15) is 5.82 Å². The lowest BCUT2D eigenvalue weighted by molar-refractivity contribution is -0.121. The highest BCUT2D eigenvalue weighted by Gasteiger charge is 2.20. The molecule has 1 fully saturated rings. The molecule has 5 nitrogen and oxygen atoms in total. The number of nitrogens with one attached hydrogen (secondary N) is 2. The molecule has 2 N–H and O–H groups in total. The monoisotopic (exact) mass is 236 g/mol. The van der Waals surface area contributed by atoms with Crippen molar-refractivity contribution in [2.45, 2.75) is 45.3 Å². The third kappa shape index (κ3) is 3.85. The van der Waals surface area contributed by atoms with Gasteiger partial charge in [-0.2, -0.15) is 0 Å². The molecule has 0 saturated heterocycles. The summed E-state index contributed by atoms with van der Waals surface area (Å²) in [5.74, 6) is 1.11. The van der Waals surface area contributed by atoms with Gasteiger partial charge in [0, 0.05) is 37.9 Å². The van der Waals surface area contributed by atoms with E-state index in [-0.39, 0.29) is 5.91 Å². The number of hydrogen-bond acceptors (Lipinski definition) is 3. The number of aryl methyl sites for hydroxylation is 1. The van der Waals surface area contributed by atoms with Gasteiger partial charge in [0.05, 0.1) is 6.54 Å². The van der Waals surface area contributed by atoms with Crippen LogP contribution in [-0.4, -0.2) is 28.0 Å². The number of carbonyl (C=O) groups excluding carboxylic acids is 1. The second kappa shape index (κ2) is 5.82. The van der Waals surface area contributed by atoms with E-state index in [1.807, 2.05) is 17.7 Å². The molecule has 0 unspecified atom stereocenters. The van der Waals surface area contributed by atoms with Gasteiger partial charge in [-0.05, 0) is 19.8 Å². The fourth-order valence-electron chi connectivity index (χ4n) is 1.74. The SMILES string of the molecule is CCNC(=O)CCn1ccnc1CNC1CC1. The normalized spacial score (nSPS) is 14.9. The summed E-state index contributed by atoms with van der Waals surface area (Å²) in [6.07, 6.45) is 6.80. The summed E-state index contributed by atoms with van der Waals surface area (Å²) in [6, 6.07) is 0.684. The summed E-state index contributed by atoms with van der Waals surface area (Å²) in [7, 11) is 0. The second-order valence-electron chi connectivity index (χ2n) is 4.40. The number of hydrogen-bond donors (Lipinski definition) is 2. The van der Waals surface area contributed by atoms with E-state index in [4.69, 9.17) is 0 Å². The summed E-state index contributed by atoms with van der Waals surface area (Å²) in [5, 5.41) is 6.23. The number of nitrogens with zero attached hydrogens (tertiary/aromatic N) is 2. The van der Waals surface area contributed by atoms with E-state index in [0.29, 0.717) is 25.6 Å². The average Bonchev–Trinajstić information content (AvgIpc) is 3.03. The number of carbonyl (C=O) groups is 1. The van der Waals surface area contributed by atoms with Gasteiger partial charge in [-0.15, -0.1) is 0 Å². The van der Waals surface area contributed by atoms with E-state index in [1.165, 1.54) is 12.8 Å². The number of imidazole rings is 1. The van der Waals surface area contributed by atoms with Gasteiger partial charge >= 0.3 is 0 Å². The Morgan fingerprint density at radius 3 is 3.12 bits per heavy atom. The molecule has 0 bridgehead atoms. The molecule has 1 aromatic rings. The molecule has 0 radical (unpaired) electrons. The molecule has 17 heavy (non-hydrogen) atoms. The summed E-state index contributed by atoms with van der Waals surface area (Å²) in [5.41, 5.74) is 0. The predicted octanol–water partition coefficient (Wildman–Crippen LogP) is 0.661. The Kier molecular flexibility index (Phi) is 4.14. The Morgan fingerprint density at radius 2 is 2.41 bits per heavy atom. The molecule has 1 saturated carbocycles. The second-order valence-corrected chi connectivity index (χ2v) is 4.40. The fraction of sp³-hybridized carbons (Fsp3) is 0.667. The first kappa shape index (κ1) is 12.1. The predicted molar refractivity (Wildman–Crippen MR) is 65.4 cm³/mol. The highest BCUT2D eigenvalue weighted by atomic mass is 16.1. The van der Waals surface area contributed by atoms with Crippen LogP contribution in [0, 0.1) is 0 Å². The standard InChI is InChI=1S/C12H20N4O/c1-2-13-12(17)5-7-16-8-6-14-11(16)9-15-10-3-4-10/h6,8,10,15H,2-5,7,9H2,1H3,(H,13,17). The molecule has 0 atom stereocenters. The van der Waals surface area contributed by atoms with Crippen molar-refractivity contribution in [2.75, 3.05) is 6.54 Å². The number of aromatic nitrogens is 2. The summed E-state index contributed by atoms with van der Waals surface area (Å²) >= 11 is 0. The molecule has 5 heteroatoms. The summed E-state index contributed by atoms with van der Waals surface area (Å²) < 4.78 is 2.05. The Labute approximate surface area is 102 Å². The molecule has 0 spiro atoms. The van der Waals surface area contributed by atoms with Crippen LogP contribution in [0.2, 0.25) is 0 Å². The molecule has 0 aliphatic heterocycles. The molecule has 1 heterocycles. The minimum absolute atomic E-state index is 0.0994. The number of amides is 1. The Hall–Kier alpha value is -1.36. The summed E-state index contributed by atoms with van der Waals surface area (Å²) in [6.45, 7) is 4.12. The van der Waals surface area contributed by atoms with Crippen LogP contribution < -0.4 is 10.6 Å². The van der Waals surface area contributed by atoms with Crippen molar-refractivity contribution in [1.29, 1.82) is 0 Å². The van der Waals surface area contributed by atoms with Crippen LogP contribution in [0.3, 0.4) is 0 Å². The zero-order chi connectivity index (χ0) is 12.1. The van der Waals surface area contributed by atoms with E-state index < -0.39 is 0 Å². The molecule has 1 aliphatic carbocycles. The first-order valence-corrected chi connectivity index (χ1v) is 6.29. The van der Waals surface area contributed by atoms with Gasteiger partial charge in [0.15, 0.2) is 0 Å².